The molecule has 5 nitrogen and oxygen atoms in total. The first-order valence-electron chi connectivity index (χ1n) is 4.83. The van der Waals surface area contributed by atoms with E-state index in [9.17, 15) is 4.79 Å². The molecule has 0 aromatic carbocycles. The van der Waals surface area contributed by atoms with E-state index in [1.54, 1.807) is 29.4 Å². The number of nitrogens with zero attached hydrogens (tertiary/aromatic N) is 2. The average molecular weight is 207 g/mol. The predicted octanol–water partition coefficient (Wildman–Crippen LogP) is -0.228. The fourth-order valence-corrected chi connectivity index (χ4v) is 1.54. The van der Waals surface area contributed by atoms with Gasteiger partial charge in [0.25, 0.3) is 5.91 Å². The number of morpholine rings is 1. The van der Waals surface area contributed by atoms with Gasteiger partial charge >= 0.3 is 0 Å². The summed E-state index contributed by atoms with van der Waals surface area (Å²) in [6, 6.07) is 3.60. The second-order valence-electron chi connectivity index (χ2n) is 3.38. The van der Waals surface area contributed by atoms with Crippen molar-refractivity contribution in [3.63, 3.8) is 0 Å². The highest BCUT2D eigenvalue weighted by molar-refractivity contribution is 5.94. The third kappa shape index (κ3) is 2.14. The van der Waals surface area contributed by atoms with Crippen molar-refractivity contribution < 1.29 is 9.53 Å². The summed E-state index contributed by atoms with van der Waals surface area (Å²) in [6.45, 7) is 1.04. The Balaban J connectivity index is 2.16. The predicted molar refractivity (Wildman–Crippen MR) is 55.4 cm³/mol. The standard InChI is InChI=1S/C10H13N3O2/c11-5-9-6-13(10(14)7-15-9)8-1-3-12-4-2-8/h1-4,9H,5-7,11H2. The Morgan fingerprint density at radius 1 is 1.53 bits per heavy atom. The monoisotopic (exact) mass is 207 g/mol. The fourth-order valence-electron chi connectivity index (χ4n) is 1.54. The molecule has 15 heavy (non-hydrogen) atoms. The number of pyridine rings is 1. The maximum absolute atomic E-state index is 11.6. The van der Waals surface area contributed by atoms with Gasteiger partial charge in [0.15, 0.2) is 0 Å². The van der Waals surface area contributed by atoms with Crippen LogP contribution in [-0.4, -0.2) is 36.7 Å². The van der Waals surface area contributed by atoms with Crippen molar-refractivity contribution in [2.45, 2.75) is 6.10 Å². The highest BCUT2D eigenvalue weighted by Gasteiger charge is 2.26. The number of carbonyl (C=O) groups excluding carboxylic acids is 1. The zero-order valence-corrected chi connectivity index (χ0v) is 8.30. The van der Waals surface area contributed by atoms with E-state index in [2.05, 4.69) is 4.98 Å². The minimum atomic E-state index is -0.0733. The van der Waals surface area contributed by atoms with Crippen LogP contribution in [0.4, 0.5) is 5.69 Å². The maximum Gasteiger partial charge on any atom is 0.253 e. The van der Waals surface area contributed by atoms with Crippen LogP contribution in [0.15, 0.2) is 24.5 Å². The molecule has 80 valence electrons. The summed E-state index contributed by atoms with van der Waals surface area (Å²) < 4.78 is 5.26. The summed E-state index contributed by atoms with van der Waals surface area (Å²) >= 11 is 0. The van der Waals surface area contributed by atoms with Crippen LogP contribution in [0.3, 0.4) is 0 Å². The molecule has 1 saturated heterocycles. The zero-order valence-electron chi connectivity index (χ0n) is 8.30. The van der Waals surface area contributed by atoms with Gasteiger partial charge in [-0.2, -0.15) is 0 Å². The average Bonchev–Trinajstić information content (AvgIpc) is 2.31. The number of amides is 1. The molecule has 1 unspecified atom stereocenters. The normalized spacial score (nSPS) is 21.8. The number of ether oxygens (including phenoxy) is 1. The number of carbonyl (C=O) groups is 1. The van der Waals surface area contributed by atoms with Crippen LogP contribution in [0.2, 0.25) is 0 Å². The Bertz CT molecular complexity index is 342. The Morgan fingerprint density at radius 3 is 2.93 bits per heavy atom. The molecule has 2 rings (SSSR count). The lowest BCUT2D eigenvalue weighted by Crippen LogP contribution is -2.49. The molecule has 0 spiro atoms. The quantitative estimate of drug-likeness (QED) is 0.727. The van der Waals surface area contributed by atoms with Gasteiger partial charge < -0.3 is 15.4 Å². The first-order valence-corrected chi connectivity index (χ1v) is 4.83. The molecule has 5 heteroatoms. The van der Waals surface area contributed by atoms with E-state index < -0.39 is 0 Å². The van der Waals surface area contributed by atoms with Crippen LogP contribution in [-0.2, 0) is 9.53 Å². The van der Waals surface area contributed by atoms with Crippen molar-refractivity contribution in [1.82, 2.24) is 4.98 Å². The molecular weight excluding hydrogens is 194 g/mol. The molecule has 0 aliphatic carbocycles. The molecule has 1 atom stereocenters. The minimum Gasteiger partial charge on any atom is -0.365 e. The number of hydrogen-bond acceptors (Lipinski definition) is 4. The molecule has 1 aromatic heterocycles. The molecule has 1 aliphatic heterocycles. The lowest BCUT2D eigenvalue weighted by Gasteiger charge is -2.32. The summed E-state index contributed by atoms with van der Waals surface area (Å²) in [6.07, 6.45) is 3.25. The highest BCUT2D eigenvalue weighted by atomic mass is 16.5. The first-order chi connectivity index (χ1) is 7.31. The second-order valence-corrected chi connectivity index (χ2v) is 3.38. The third-order valence-corrected chi connectivity index (χ3v) is 2.37. The summed E-state index contributed by atoms with van der Waals surface area (Å²) in [5.41, 5.74) is 6.36. The summed E-state index contributed by atoms with van der Waals surface area (Å²) in [7, 11) is 0. The van der Waals surface area contributed by atoms with E-state index in [1.165, 1.54) is 0 Å². The van der Waals surface area contributed by atoms with E-state index in [1.807, 2.05) is 0 Å². The molecular formula is C10H13N3O2. The van der Waals surface area contributed by atoms with Gasteiger partial charge in [0, 0.05) is 24.6 Å². The largest absolute Gasteiger partial charge is 0.365 e. The Hall–Kier alpha value is -1.46. The van der Waals surface area contributed by atoms with Crippen molar-refractivity contribution in [3.05, 3.63) is 24.5 Å². The summed E-state index contributed by atoms with van der Waals surface area (Å²) in [5.74, 6) is -0.0362. The summed E-state index contributed by atoms with van der Waals surface area (Å²) in [4.78, 5) is 17.2. The van der Waals surface area contributed by atoms with Crippen LogP contribution in [0.25, 0.3) is 0 Å². The fraction of sp³-hybridized carbons (Fsp3) is 0.400. The van der Waals surface area contributed by atoms with Gasteiger partial charge in [0.1, 0.15) is 6.61 Å². The van der Waals surface area contributed by atoms with Gasteiger partial charge in [0.2, 0.25) is 0 Å². The smallest absolute Gasteiger partial charge is 0.253 e. The molecule has 2 heterocycles. The Labute approximate surface area is 87.8 Å². The molecule has 2 N–H and O–H groups in total. The van der Waals surface area contributed by atoms with Crippen LogP contribution < -0.4 is 10.6 Å². The van der Waals surface area contributed by atoms with Crippen molar-refractivity contribution in [2.24, 2.45) is 5.73 Å². The Morgan fingerprint density at radius 2 is 2.27 bits per heavy atom. The number of rotatable bonds is 2. The lowest BCUT2D eigenvalue weighted by atomic mass is 10.2. The van der Waals surface area contributed by atoms with Crippen molar-refractivity contribution >= 4 is 11.6 Å². The topological polar surface area (TPSA) is 68.5 Å². The van der Waals surface area contributed by atoms with Gasteiger partial charge in [-0.3, -0.25) is 9.78 Å². The molecule has 0 bridgehead atoms. The molecule has 0 radical (unpaired) electrons. The Kier molecular flexibility index (Phi) is 2.94. The van der Waals surface area contributed by atoms with Crippen molar-refractivity contribution in [1.29, 1.82) is 0 Å². The van der Waals surface area contributed by atoms with Crippen LogP contribution in [0, 0.1) is 0 Å². The molecule has 0 saturated carbocycles. The van der Waals surface area contributed by atoms with Gasteiger partial charge in [-0.15, -0.1) is 0 Å². The van der Waals surface area contributed by atoms with Gasteiger partial charge in [-0.05, 0) is 12.1 Å². The SMILES string of the molecule is NCC1CN(c2ccncc2)C(=O)CO1. The first kappa shape index (κ1) is 10.1. The van der Waals surface area contributed by atoms with Gasteiger partial charge in [-0.1, -0.05) is 0 Å². The molecule has 1 amide bonds. The van der Waals surface area contributed by atoms with Crippen LogP contribution >= 0.6 is 0 Å². The summed E-state index contributed by atoms with van der Waals surface area (Å²) in [5, 5.41) is 0. The van der Waals surface area contributed by atoms with Crippen molar-refractivity contribution in [2.75, 3.05) is 24.6 Å². The van der Waals surface area contributed by atoms with Crippen LogP contribution in [0.1, 0.15) is 0 Å². The second kappa shape index (κ2) is 4.37. The minimum absolute atomic E-state index is 0.0362. The van der Waals surface area contributed by atoms with E-state index in [0.717, 1.165) is 5.69 Å². The third-order valence-electron chi connectivity index (χ3n) is 2.37. The van der Waals surface area contributed by atoms with E-state index >= 15 is 0 Å². The van der Waals surface area contributed by atoms with Crippen molar-refractivity contribution in [3.8, 4) is 0 Å². The van der Waals surface area contributed by atoms with E-state index in [0.29, 0.717) is 13.1 Å². The van der Waals surface area contributed by atoms with Crippen LogP contribution in [0.5, 0.6) is 0 Å². The number of nitrogens with two attached hydrogens (primary N) is 1. The number of hydrogen-bond donors (Lipinski definition) is 1. The number of anilines is 1. The lowest BCUT2D eigenvalue weighted by molar-refractivity contribution is -0.128. The van der Waals surface area contributed by atoms with Gasteiger partial charge in [-0.25, -0.2) is 0 Å². The number of aromatic nitrogens is 1. The van der Waals surface area contributed by atoms with Gasteiger partial charge in [0.05, 0.1) is 12.6 Å². The molecule has 1 aromatic rings. The zero-order chi connectivity index (χ0) is 10.7. The molecule has 1 aliphatic rings. The maximum atomic E-state index is 11.6. The van der Waals surface area contributed by atoms with E-state index in [-0.39, 0.29) is 18.6 Å². The molecule has 1 fully saturated rings. The van der Waals surface area contributed by atoms with E-state index in [4.69, 9.17) is 10.5 Å². The highest BCUT2D eigenvalue weighted by Crippen LogP contribution is 2.16.